The lowest BCUT2D eigenvalue weighted by Gasteiger charge is -2.18. The first-order valence-electron chi connectivity index (χ1n) is 4.46. The van der Waals surface area contributed by atoms with E-state index < -0.39 is 12.1 Å². The minimum atomic E-state index is -0.583. The number of nitrogens with one attached hydrogen (secondary N) is 1. The molecule has 0 aromatic carbocycles. The van der Waals surface area contributed by atoms with Crippen molar-refractivity contribution < 1.29 is 9.59 Å². The summed E-state index contributed by atoms with van der Waals surface area (Å²) in [7, 11) is 0. The van der Waals surface area contributed by atoms with Gasteiger partial charge in [0.15, 0.2) is 0 Å². The van der Waals surface area contributed by atoms with E-state index in [0.717, 1.165) is 6.42 Å². The number of carbonyl (C=O) groups is 1. The summed E-state index contributed by atoms with van der Waals surface area (Å²) in [5.74, 6) is -0.214. The van der Waals surface area contributed by atoms with E-state index in [4.69, 9.17) is 5.73 Å². The summed E-state index contributed by atoms with van der Waals surface area (Å²) in [6.07, 6.45) is 2.62. The maximum absolute atomic E-state index is 11.1. The molecule has 0 saturated carbocycles. The molecule has 1 radical (unpaired) electrons. The van der Waals surface area contributed by atoms with E-state index in [1.165, 1.54) is 0 Å². The molecule has 0 heterocycles. The van der Waals surface area contributed by atoms with Crippen LogP contribution in [0.25, 0.3) is 0 Å². The normalized spacial score (nSPS) is 17.2. The molecule has 0 saturated heterocycles. The van der Waals surface area contributed by atoms with Gasteiger partial charge in [0.1, 0.15) is 0 Å². The second-order valence-electron chi connectivity index (χ2n) is 3.28. The fourth-order valence-electron chi connectivity index (χ4n) is 0.808. The Morgan fingerprint density at radius 1 is 1.54 bits per heavy atom. The van der Waals surface area contributed by atoms with Crippen LogP contribution >= 0.6 is 0 Å². The van der Waals surface area contributed by atoms with Gasteiger partial charge in [0, 0.05) is 0 Å². The molecule has 0 fully saturated rings. The van der Waals surface area contributed by atoms with Crippen LogP contribution in [0.2, 0.25) is 0 Å². The molecule has 0 aliphatic heterocycles. The van der Waals surface area contributed by atoms with E-state index in [9.17, 15) is 9.59 Å². The van der Waals surface area contributed by atoms with Crippen LogP contribution < -0.4 is 11.1 Å². The van der Waals surface area contributed by atoms with Gasteiger partial charge >= 0.3 is 0 Å². The highest BCUT2D eigenvalue weighted by Crippen LogP contribution is 2.05. The van der Waals surface area contributed by atoms with Crippen LogP contribution in [0.1, 0.15) is 27.2 Å². The van der Waals surface area contributed by atoms with Crippen molar-refractivity contribution >= 4 is 12.2 Å². The molecular formula is C9H17N2O2. The number of rotatable bonds is 5. The van der Waals surface area contributed by atoms with Gasteiger partial charge in [0.2, 0.25) is 12.2 Å². The van der Waals surface area contributed by atoms with Crippen LogP contribution in [0.3, 0.4) is 0 Å². The number of carbonyl (C=O) groups excluding carboxylic acids is 2. The third kappa shape index (κ3) is 4.03. The number of hydrogen-bond acceptors (Lipinski definition) is 3. The Kier molecular flexibility index (Phi) is 5.30. The molecular weight excluding hydrogens is 168 g/mol. The number of nitrogens with two attached hydrogens (primary N) is 1. The first-order chi connectivity index (χ1) is 6.02. The highest BCUT2D eigenvalue weighted by Gasteiger charge is 2.19. The third-order valence-corrected chi connectivity index (χ3v) is 2.05. The van der Waals surface area contributed by atoms with E-state index in [0.29, 0.717) is 0 Å². The Hall–Kier alpha value is -0.900. The van der Waals surface area contributed by atoms with Crippen LogP contribution in [0.4, 0.5) is 0 Å². The molecule has 3 N–H and O–H groups in total. The predicted octanol–water partition coefficient (Wildman–Crippen LogP) is -0.0258. The van der Waals surface area contributed by atoms with Gasteiger partial charge in [-0.25, -0.2) is 0 Å². The molecule has 13 heavy (non-hydrogen) atoms. The molecule has 4 heteroatoms. The third-order valence-electron chi connectivity index (χ3n) is 2.05. The van der Waals surface area contributed by atoms with Crippen molar-refractivity contribution in [1.82, 2.24) is 5.32 Å². The number of hydrogen-bond donors (Lipinski definition) is 2. The molecule has 0 aromatic heterocycles. The van der Waals surface area contributed by atoms with E-state index >= 15 is 0 Å². The smallest absolute Gasteiger partial charge is 0.237 e. The van der Waals surface area contributed by atoms with Gasteiger partial charge in [-0.05, 0) is 12.8 Å². The van der Waals surface area contributed by atoms with Crippen LogP contribution in [0.5, 0.6) is 0 Å². The second-order valence-corrected chi connectivity index (χ2v) is 3.28. The first kappa shape index (κ1) is 12.1. The Labute approximate surface area is 78.9 Å². The summed E-state index contributed by atoms with van der Waals surface area (Å²) < 4.78 is 0. The van der Waals surface area contributed by atoms with Crippen molar-refractivity contribution in [3.05, 3.63) is 0 Å². The van der Waals surface area contributed by atoms with E-state index in [1.807, 2.05) is 13.8 Å². The van der Waals surface area contributed by atoms with E-state index in [1.54, 1.807) is 13.2 Å². The predicted molar refractivity (Wildman–Crippen MR) is 50.7 cm³/mol. The second kappa shape index (κ2) is 5.70. The summed E-state index contributed by atoms with van der Waals surface area (Å²) in [6.45, 7) is 5.41. The maximum Gasteiger partial charge on any atom is 0.237 e. The van der Waals surface area contributed by atoms with Crippen molar-refractivity contribution in [1.29, 1.82) is 0 Å². The van der Waals surface area contributed by atoms with Gasteiger partial charge in [-0.1, -0.05) is 20.3 Å². The standard InChI is InChI=1S/C9H17N2O2/c1-4-6(2)8(5-12)11-9(13)7(3)10/h6-8H,4,10H2,1-3H3,(H,11,13). The summed E-state index contributed by atoms with van der Waals surface area (Å²) >= 11 is 0. The van der Waals surface area contributed by atoms with Crippen molar-refractivity contribution in [2.24, 2.45) is 11.7 Å². The molecule has 1 amide bonds. The summed E-state index contributed by atoms with van der Waals surface area (Å²) in [4.78, 5) is 21.6. The van der Waals surface area contributed by atoms with Gasteiger partial charge < -0.3 is 11.1 Å². The lowest BCUT2D eigenvalue weighted by Crippen LogP contribution is -2.47. The largest absolute Gasteiger partial charge is 0.344 e. The fourth-order valence-corrected chi connectivity index (χ4v) is 0.808. The highest BCUT2D eigenvalue weighted by atomic mass is 16.2. The molecule has 0 aliphatic rings. The molecule has 75 valence electrons. The Balaban J connectivity index is 4.12. The van der Waals surface area contributed by atoms with Gasteiger partial charge in [0.25, 0.3) is 0 Å². The minimum absolute atomic E-state index is 0.0974. The van der Waals surface area contributed by atoms with E-state index in [-0.39, 0.29) is 11.8 Å². The zero-order valence-corrected chi connectivity index (χ0v) is 8.33. The minimum Gasteiger partial charge on any atom is -0.344 e. The zero-order valence-electron chi connectivity index (χ0n) is 8.33. The summed E-state index contributed by atoms with van der Waals surface area (Å²) in [6, 6.07) is -1.12. The molecule has 0 aromatic rings. The van der Waals surface area contributed by atoms with E-state index in [2.05, 4.69) is 5.32 Å². The first-order valence-corrected chi connectivity index (χ1v) is 4.46. The lowest BCUT2D eigenvalue weighted by atomic mass is 10.0. The SMILES string of the molecule is CCC(C)C([C]=O)NC(=O)C(C)N. The summed E-state index contributed by atoms with van der Waals surface area (Å²) in [5.41, 5.74) is 5.34. The molecule has 3 unspecified atom stereocenters. The lowest BCUT2D eigenvalue weighted by molar-refractivity contribution is -0.122. The summed E-state index contributed by atoms with van der Waals surface area (Å²) in [5, 5.41) is 2.53. The molecule has 3 atom stereocenters. The molecule has 0 rings (SSSR count). The Morgan fingerprint density at radius 2 is 2.08 bits per heavy atom. The zero-order chi connectivity index (χ0) is 10.4. The molecule has 0 bridgehead atoms. The Bertz CT molecular complexity index is 180. The molecule has 4 nitrogen and oxygen atoms in total. The topological polar surface area (TPSA) is 72.2 Å². The highest BCUT2D eigenvalue weighted by molar-refractivity contribution is 5.83. The molecule has 0 aliphatic carbocycles. The van der Waals surface area contributed by atoms with Crippen molar-refractivity contribution in [3.63, 3.8) is 0 Å². The van der Waals surface area contributed by atoms with Gasteiger partial charge in [-0.2, -0.15) is 0 Å². The van der Waals surface area contributed by atoms with Crippen LogP contribution in [0.15, 0.2) is 0 Å². The van der Waals surface area contributed by atoms with Gasteiger partial charge in [-0.3, -0.25) is 9.59 Å². The van der Waals surface area contributed by atoms with Crippen LogP contribution in [-0.2, 0) is 9.59 Å². The van der Waals surface area contributed by atoms with Crippen molar-refractivity contribution in [3.8, 4) is 0 Å². The van der Waals surface area contributed by atoms with Crippen LogP contribution in [-0.4, -0.2) is 24.3 Å². The quantitative estimate of drug-likeness (QED) is 0.632. The van der Waals surface area contributed by atoms with Crippen LogP contribution in [0, 0.1) is 5.92 Å². The van der Waals surface area contributed by atoms with Gasteiger partial charge in [-0.15, -0.1) is 0 Å². The maximum atomic E-state index is 11.1. The average molecular weight is 185 g/mol. The average Bonchev–Trinajstić information content (AvgIpc) is 2.12. The molecule has 0 spiro atoms. The Morgan fingerprint density at radius 3 is 2.38 bits per heavy atom. The number of amides is 1. The van der Waals surface area contributed by atoms with Crippen molar-refractivity contribution in [2.75, 3.05) is 0 Å². The van der Waals surface area contributed by atoms with Crippen molar-refractivity contribution in [2.45, 2.75) is 39.3 Å². The monoisotopic (exact) mass is 185 g/mol. The van der Waals surface area contributed by atoms with Gasteiger partial charge in [0.05, 0.1) is 12.1 Å². The fraction of sp³-hybridized carbons (Fsp3) is 0.778.